The van der Waals surface area contributed by atoms with Crippen LogP contribution in [0.1, 0.15) is 98.6 Å². The molecule has 2 heteroatoms. The third-order valence-electron chi connectivity index (χ3n) is 6.31. The second-order valence-electron chi connectivity index (χ2n) is 9.30. The smallest absolute Gasteiger partial charge is 0.174 e. The lowest BCUT2D eigenvalue weighted by Gasteiger charge is -2.05. The predicted octanol–water partition coefficient (Wildman–Crippen LogP) is 9.01. The highest BCUT2D eigenvalue weighted by atomic mass is 19.2. The average Bonchev–Trinajstić information content (AvgIpc) is 2.91. The molecule has 0 bridgehead atoms. The van der Waals surface area contributed by atoms with E-state index in [1.807, 2.05) is 24.3 Å². The fourth-order valence-electron chi connectivity index (χ4n) is 4.05. The van der Waals surface area contributed by atoms with Crippen LogP contribution >= 0.6 is 0 Å². The maximum absolute atomic E-state index is 14.5. The molecule has 0 amide bonds. The molecular weight excluding hydrogens is 446 g/mol. The van der Waals surface area contributed by atoms with Crippen molar-refractivity contribution in [3.8, 4) is 23.7 Å². The molecule has 0 N–H and O–H groups in total. The normalized spacial score (nSPS) is 10.3. The molecule has 0 aromatic heterocycles. The molecule has 0 aliphatic carbocycles. The summed E-state index contributed by atoms with van der Waals surface area (Å²) in [6.07, 6.45) is 10.9. The van der Waals surface area contributed by atoms with Crippen LogP contribution in [0.3, 0.4) is 0 Å². The summed E-state index contributed by atoms with van der Waals surface area (Å²) in [6.45, 7) is 4.36. The minimum atomic E-state index is -0.857. The van der Waals surface area contributed by atoms with Gasteiger partial charge in [0.25, 0.3) is 0 Å². The molecule has 0 atom stereocenters. The van der Waals surface area contributed by atoms with Gasteiger partial charge in [-0.15, -0.1) is 0 Å². The van der Waals surface area contributed by atoms with Gasteiger partial charge in [-0.3, -0.25) is 0 Å². The zero-order valence-electron chi connectivity index (χ0n) is 21.6. The molecule has 0 heterocycles. The fraction of sp³-hybridized carbons (Fsp3) is 0.353. The van der Waals surface area contributed by atoms with E-state index in [-0.39, 0.29) is 5.56 Å². The molecule has 0 nitrogen and oxygen atoms in total. The number of halogens is 2. The molecule has 186 valence electrons. The topological polar surface area (TPSA) is 0 Å². The molecule has 3 rings (SSSR count). The first-order chi connectivity index (χ1) is 17.6. The third-order valence-corrected chi connectivity index (χ3v) is 6.31. The standard InChI is InChI=1S/C34H36F2/c1-3-5-7-9-11-27-13-15-28(16-14-27)17-18-29-19-21-30(22-20-29)23-24-32-26-25-31(33(35)34(32)36)12-10-8-6-4-2/h13-16,19-22,25-26H,3-12H2,1-2H3. The summed E-state index contributed by atoms with van der Waals surface area (Å²) in [4.78, 5) is 0. The number of benzene rings is 3. The van der Waals surface area contributed by atoms with Crippen LogP contribution in [-0.4, -0.2) is 0 Å². The number of aryl methyl sites for hydroxylation is 2. The van der Waals surface area contributed by atoms with Crippen LogP contribution in [-0.2, 0) is 12.8 Å². The Morgan fingerprint density at radius 3 is 1.56 bits per heavy atom. The number of hydrogen-bond acceptors (Lipinski definition) is 0. The average molecular weight is 483 g/mol. The van der Waals surface area contributed by atoms with Gasteiger partial charge in [0, 0.05) is 16.7 Å². The van der Waals surface area contributed by atoms with E-state index in [1.54, 1.807) is 12.1 Å². The first-order valence-electron chi connectivity index (χ1n) is 13.3. The Hall–Kier alpha value is -3.36. The van der Waals surface area contributed by atoms with Crippen molar-refractivity contribution in [3.05, 3.63) is 106 Å². The van der Waals surface area contributed by atoms with Crippen LogP contribution in [0, 0.1) is 35.3 Å². The van der Waals surface area contributed by atoms with Gasteiger partial charge in [-0.2, -0.15) is 0 Å². The van der Waals surface area contributed by atoms with E-state index in [0.717, 1.165) is 48.8 Å². The largest absolute Gasteiger partial charge is 0.203 e. The first kappa shape index (κ1) is 27.2. The van der Waals surface area contributed by atoms with Crippen molar-refractivity contribution in [2.75, 3.05) is 0 Å². The summed E-state index contributed by atoms with van der Waals surface area (Å²) in [5, 5.41) is 0. The van der Waals surface area contributed by atoms with E-state index in [4.69, 9.17) is 0 Å². The van der Waals surface area contributed by atoms with E-state index in [0.29, 0.717) is 12.0 Å². The van der Waals surface area contributed by atoms with Gasteiger partial charge in [0.1, 0.15) is 0 Å². The van der Waals surface area contributed by atoms with Crippen LogP contribution in [0.2, 0.25) is 0 Å². The van der Waals surface area contributed by atoms with E-state index in [2.05, 4.69) is 61.8 Å². The molecule has 36 heavy (non-hydrogen) atoms. The van der Waals surface area contributed by atoms with E-state index in [9.17, 15) is 8.78 Å². The summed E-state index contributed by atoms with van der Waals surface area (Å²) >= 11 is 0. The van der Waals surface area contributed by atoms with Gasteiger partial charge in [0.2, 0.25) is 0 Å². The molecule has 0 saturated carbocycles. The monoisotopic (exact) mass is 482 g/mol. The van der Waals surface area contributed by atoms with Gasteiger partial charge in [0.05, 0.1) is 5.56 Å². The van der Waals surface area contributed by atoms with Crippen LogP contribution in [0.5, 0.6) is 0 Å². The molecule has 0 unspecified atom stereocenters. The molecule has 0 radical (unpaired) electrons. The molecule has 0 saturated heterocycles. The van der Waals surface area contributed by atoms with Gasteiger partial charge in [-0.1, -0.05) is 94.3 Å². The minimum absolute atomic E-state index is 0.0856. The highest BCUT2D eigenvalue weighted by Gasteiger charge is 2.11. The van der Waals surface area contributed by atoms with Crippen LogP contribution < -0.4 is 0 Å². The number of rotatable bonds is 10. The Kier molecular flexibility index (Phi) is 11.3. The van der Waals surface area contributed by atoms with Crippen molar-refractivity contribution < 1.29 is 8.78 Å². The molecule has 0 aliphatic rings. The second kappa shape index (κ2) is 14.9. The third kappa shape index (κ3) is 8.70. The summed E-state index contributed by atoms with van der Waals surface area (Å²) in [6, 6.07) is 19.2. The molecule has 0 fully saturated rings. The van der Waals surface area contributed by atoms with Gasteiger partial charge >= 0.3 is 0 Å². The Bertz CT molecular complexity index is 1210. The summed E-state index contributed by atoms with van der Waals surface area (Å²) < 4.78 is 28.9. The Morgan fingerprint density at radius 1 is 0.500 bits per heavy atom. The number of unbranched alkanes of at least 4 members (excludes halogenated alkanes) is 6. The van der Waals surface area contributed by atoms with Crippen molar-refractivity contribution in [3.63, 3.8) is 0 Å². The predicted molar refractivity (Wildman–Crippen MR) is 147 cm³/mol. The maximum atomic E-state index is 14.5. The van der Waals surface area contributed by atoms with Crippen molar-refractivity contribution in [1.29, 1.82) is 0 Å². The van der Waals surface area contributed by atoms with Gasteiger partial charge < -0.3 is 0 Å². The summed E-state index contributed by atoms with van der Waals surface area (Å²) in [5.74, 6) is 10.5. The van der Waals surface area contributed by atoms with Gasteiger partial charge in [-0.05, 0) is 79.3 Å². The van der Waals surface area contributed by atoms with Crippen molar-refractivity contribution in [2.24, 2.45) is 0 Å². The summed E-state index contributed by atoms with van der Waals surface area (Å²) in [5.41, 5.74) is 4.48. The Labute approximate surface area is 216 Å². The zero-order valence-corrected chi connectivity index (χ0v) is 21.6. The zero-order chi connectivity index (χ0) is 25.6. The van der Waals surface area contributed by atoms with Crippen molar-refractivity contribution in [2.45, 2.75) is 78.1 Å². The first-order valence-corrected chi connectivity index (χ1v) is 13.3. The SMILES string of the molecule is CCCCCCc1ccc(C#Cc2ccc(C#Cc3ccc(CCCCCC)c(F)c3F)cc2)cc1. The molecular formula is C34H36F2. The minimum Gasteiger partial charge on any atom is -0.203 e. The Balaban J connectivity index is 1.58. The van der Waals surface area contributed by atoms with E-state index < -0.39 is 11.6 Å². The lowest BCUT2D eigenvalue weighted by Crippen LogP contribution is -1.98. The number of hydrogen-bond donors (Lipinski definition) is 0. The van der Waals surface area contributed by atoms with Crippen LogP contribution in [0.4, 0.5) is 8.78 Å². The highest BCUT2D eigenvalue weighted by molar-refractivity contribution is 5.48. The highest BCUT2D eigenvalue weighted by Crippen LogP contribution is 2.18. The molecule has 3 aromatic carbocycles. The molecule has 0 aliphatic heterocycles. The summed E-state index contributed by atoms with van der Waals surface area (Å²) in [7, 11) is 0. The van der Waals surface area contributed by atoms with E-state index in [1.165, 1.54) is 31.2 Å². The molecule has 3 aromatic rings. The van der Waals surface area contributed by atoms with Crippen LogP contribution in [0.25, 0.3) is 0 Å². The maximum Gasteiger partial charge on any atom is 0.174 e. The fourth-order valence-corrected chi connectivity index (χ4v) is 4.05. The second-order valence-corrected chi connectivity index (χ2v) is 9.30. The van der Waals surface area contributed by atoms with Crippen molar-refractivity contribution in [1.82, 2.24) is 0 Å². The van der Waals surface area contributed by atoms with Gasteiger partial charge in [0.15, 0.2) is 11.6 Å². The van der Waals surface area contributed by atoms with E-state index >= 15 is 0 Å². The quantitative estimate of drug-likeness (QED) is 0.200. The lowest BCUT2D eigenvalue weighted by molar-refractivity contribution is 0.493. The van der Waals surface area contributed by atoms with Crippen molar-refractivity contribution >= 4 is 0 Å². The van der Waals surface area contributed by atoms with Crippen LogP contribution in [0.15, 0.2) is 60.7 Å². The lowest BCUT2D eigenvalue weighted by atomic mass is 10.0. The molecule has 0 spiro atoms. The van der Waals surface area contributed by atoms with Gasteiger partial charge in [-0.25, -0.2) is 8.78 Å². The Morgan fingerprint density at radius 2 is 1.00 bits per heavy atom.